The molecule has 0 saturated heterocycles. The highest BCUT2D eigenvalue weighted by atomic mass is 16.6. The summed E-state index contributed by atoms with van der Waals surface area (Å²) < 4.78 is 17.0. The van der Waals surface area contributed by atoms with Gasteiger partial charge in [-0.05, 0) is 103 Å². The maximum Gasteiger partial charge on any atom is 0.306 e. The maximum atomic E-state index is 12.9. The van der Waals surface area contributed by atoms with Gasteiger partial charge in [-0.1, -0.05) is 281 Å². The number of hydrogen-bond donors (Lipinski definition) is 0. The van der Waals surface area contributed by atoms with Crippen LogP contribution in [0.2, 0.25) is 0 Å². The predicted molar refractivity (Wildman–Crippen MR) is 325 cm³/mol. The van der Waals surface area contributed by atoms with E-state index in [2.05, 4.69) is 81.5 Å². The van der Waals surface area contributed by atoms with Gasteiger partial charge in [0, 0.05) is 19.3 Å². The van der Waals surface area contributed by atoms with Gasteiger partial charge in [-0.25, -0.2) is 0 Å². The number of esters is 3. The Kier molecular flexibility index (Phi) is 61.2. The predicted octanol–water partition coefficient (Wildman–Crippen LogP) is 22.3. The van der Waals surface area contributed by atoms with Gasteiger partial charge in [-0.2, -0.15) is 0 Å². The molecule has 0 rings (SSSR count). The maximum absolute atomic E-state index is 12.9. The van der Waals surface area contributed by atoms with Gasteiger partial charge in [-0.3, -0.25) is 14.4 Å². The number of unbranched alkanes of at least 4 members (excludes halogenated alkanes) is 39. The van der Waals surface area contributed by atoms with Crippen molar-refractivity contribution in [2.24, 2.45) is 0 Å². The molecule has 0 fully saturated rings. The molecule has 0 aliphatic rings. The monoisotopic (exact) mass is 1050 g/mol. The minimum atomic E-state index is -0.781. The van der Waals surface area contributed by atoms with Crippen LogP contribution in [0.1, 0.15) is 342 Å². The van der Waals surface area contributed by atoms with Crippen LogP contribution >= 0.6 is 0 Å². The lowest BCUT2D eigenvalue weighted by Gasteiger charge is -2.18. The highest BCUT2D eigenvalue weighted by Crippen LogP contribution is 2.17. The van der Waals surface area contributed by atoms with E-state index in [1.54, 1.807) is 0 Å². The van der Waals surface area contributed by atoms with Crippen molar-refractivity contribution in [2.75, 3.05) is 13.2 Å². The van der Waals surface area contributed by atoms with Crippen LogP contribution in [0.25, 0.3) is 0 Å². The van der Waals surface area contributed by atoms with Crippen LogP contribution in [0.15, 0.2) is 60.8 Å². The highest BCUT2D eigenvalue weighted by Gasteiger charge is 2.19. The lowest BCUT2D eigenvalue weighted by molar-refractivity contribution is -0.167. The molecule has 0 aromatic heterocycles. The minimum Gasteiger partial charge on any atom is -0.462 e. The summed E-state index contributed by atoms with van der Waals surface area (Å²) in [5.74, 6) is -0.873. The standard InChI is InChI=1S/C69H124O6/c1-4-7-10-13-16-19-22-25-28-31-33-34-36-38-41-44-47-50-53-56-59-62-68(71)74-65-66(64-73-67(70)61-58-55-52-49-46-43-40-37-30-27-24-21-18-15-12-9-6-3)75-69(72)63-60-57-54-51-48-45-42-39-35-32-29-26-23-20-17-14-11-8-5-2/h9,12,18,21,26-27,29-31,33,66H,4-8,10-11,13-17,19-20,22-25,28,32,34-65H2,1-3H3/b12-9-,21-18-,29-26-,30-27-,33-31-. The van der Waals surface area contributed by atoms with Crippen LogP contribution in [0, 0.1) is 0 Å². The molecule has 0 radical (unpaired) electrons. The molecular weight excluding hydrogens is 925 g/mol. The number of hydrogen-bond acceptors (Lipinski definition) is 6. The Morgan fingerprint density at radius 2 is 0.520 bits per heavy atom. The topological polar surface area (TPSA) is 78.9 Å². The molecule has 6 nitrogen and oxygen atoms in total. The van der Waals surface area contributed by atoms with Crippen molar-refractivity contribution in [3.05, 3.63) is 60.8 Å². The largest absolute Gasteiger partial charge is 0.462 e. The summed E-state index contributed by atoms with van der Waals surface area (Å²) in [4.78, 5) is 38.4. The average molecular weight is 1050 g/mol. The van der Waals surface area contributed by atoms with Crippen molar-refractivity contribution in [1.82, 2.24) is 0 Å². The average Bonchev–Trinajstić information content (AvgIpc) is 3.41. The molecule has 0 N–H and O–H groups in total. The van der Waals surface area contributed by atoms with Gasteiger partial charge >= 0.3 is 17.9 Å². The van der Waals surface area contributed by atoms with Gasteiger partial charge in [0.15, 0.2) is 6.10 Å². The zero-order valence-corrected chi connectivity index (χ0v) is 50.1. The molecule has 0 aliphatic heterocycles. The van der Waals surface area contributed by atoms with E-state index >= 15 is 0 Å². The van der Waals surface area contributed by atoms with Crippen LogP contribution in [0.5, 0.6) is 0 Å². The number of allylic oxidation sites excluding steroid dienone is 10. The van der Waals surface area contributed by atoms with Crippen molar-refractivity contribution in [3.63, 3.8) is 0 Å². The summed E-state index contributed by atoms with van der Waals surface area (Å²) in [5, 5.41) is 0. The lowest BCUT2D eigenvalue weighted by Crippen LogP contribution is -2.30. The van der Waals surface area contributed by atoms with Crippen molar-refractivity contribution in [1.29, 1.82) is 0 Å². The summed E-state index contributed by atoms with van der Waals surface area (Å²) in [6.07, 6.45) is 80.8. The van der Waals surface area contributed by atoms with E-state index in [0.717, 1.165) is 83.5 Å². The normalized spacial score (nSPS) is 12.4. The van der Waals surface area contributed by atoms with Gasteiger partial charge in [0.05, 0.1) is 0 Å². The fraction of sp³-hybridized carbons (Fsp3) is 0.812. The molecule has 75 heavy (non-hydrogen) atoms. The molecule has 1 unspecified atom stereocenters. The quantitative estimate of drug-likeness (QED) is 0.0261. The summed E-state index contributed by atoms with van der Waals surface area (Å²) in [7, 11) is 0. The summed E-state index contributed by atoms with van der Waals surface area (Å²) in [6.45, 7) is 6.56. The number of carbonyl (C=O) groups excluding carboxylic acids is 3. The van der Waals surface area contributed by atoms with E-state index in [1.807, 2.05) is 0 Å². The first-order valence-corrected chi connectivity index (χ1v) is 32.8. The third-order valence-electron chi connectivity index (χ3n) is 14.5. The second kappa shape index (κ2) is 63.6. The van der Waals surface area contributed by atoms with Crippen LogP contribution < -0.4 is 0 Å². The molecule has 6 heteroatoms. The Bertz CT molecular complexity index is 1340. The molecule has 0 aliphatic carbocycles. The van der Waals surface area contributed by atoms with Gasteiger partial charge in [-0.15, -0.1) is 0 Å². The number of rotatable bonds is 60. The van der Waals surface area contributed by atoms with Crippen LogP contribution in [-0.2, 0) is 28.6 Å². The first-order valence-electron chi connectivity index (χ1n) is 32.8. The first kappa shape index (κ1) is 72.1. The molecule has 0 bridgehead atoms. The molecule has 0 heterocycles. The molecule has 0 spiro atoms. The Morgan fingerprint density at radius 1 is 0.280 bits per heavy atom. The summed E-state index contributed by atoms with van der Waals surface area (Å²) >= 11 is 0. The Balaban J connectivity index is 4.36. The van der Waals surface area contributed by atoms with Gasteiger partial charge in [0.1, 0.15) is 13.2 Å². The third-order valence-corrected chi connectivity index (χ3v) is 14.5. The zero-order chi connectivity index (χ0) is 54.3. The minimum absolute atomic E-state index is 0.0772. The fourth-order valence-electron chi connectivity index (χ4n) is 9.57. The number of carbonyl (C=O) groups is 3. The van der Waals surface area contributed by atoms with E-state index in [1.165, 1.54) is 218 Å². The van der Waals surface area contributed by atoms with Crippen molar-refractivity contribution in [2.45, 2.75) is 348 Å². The van der Waals surface area contributed by atoms with E-state index in [0.29, 0.717) is 19.3 Å². The molecule has 0 saturated carbocycles. The zero-order valence-electron chi connectivity index (χ0n) is 50.1. The first-order chi connectivity index (χ1) is 37.0. The van der Waals surface area contributed by atoms with Crippen molar-refractivity contribution in [3.8, 4) is 0 Å². The summed E-state index contributed by atoms with van der Waals surface area (Å²) in [5.41, 5.74) is 0. The van der Waals surface area contributed by atoms with Crippen LogP contribution in [0.4, 0.5) is 0 Å². The smallest absolute Gasteiger partial charge is 0.306 e. The van der Waals surface area contributed by atoms with E-state index in [-0.39, 0.29) is 31.1 Å². The number of ether oxygens (including phenoxy) is 3. The highest BCUT2D eigenvalue weighted by molar-refractivity contribution is 5.71. The third kappa shape index (κ3) is 61.8. The molecule has 1 atom stereocenters. The van der Waals surface area contributed by atoms with Gasteiger partial charge in [0.25, 0.3) is 0 Å². The molecule has 436 valence electrons. The lowest BCUT2D eigenvalue weighted by atomic mass is 10.1. The Labute approximate surface area is 466 Å². The van der Waals surface area contributed by atoms with Gasteiger partial charge in [0.2, 0.25) is 0 Å². The second-order valence-corrected chi connectivity index (χ2v) is 22.0. The Hall–Kier alpha value is -2.89. The van der Waals surface area contributed by atoms with Crippen LogP contribution in [0.3, 0.4) is 0 Å². The SMILES string of the molecule is CC/C=C\C/C=C\C/C=C\CCCCCCCCCC(=O)OCC(COC(=O)CCCCCCCCCCC/C=C\CCCCCCCCCC)OC(=O)CCCCCCCCCCC/C=C\CCCCCCCC. The van der Waals surface area contributed by atoms with E-state index in [9.17, 15) is 14.4 Å². The van der Waals surface area contributed by atoms with Crippen molar-refractivity contribution >= 4 is 17.9 Å². The molecule has 0 aromatic rings. The van der Waals surface area contributed by atoms with Crippen LogP contribution in [-0.4, -0.2) is 37.2 Å². The van der Waals surface area contributed by atoms with Gasteiger partial charge < -0.3 is 14.2 Å². The second-order valence-electron chi connectivity index (χ2n) is 22.0. The molecule has 0 amide bonds. The van der Waals surface area contributed by atoms with E-state index in [4.69, 9.17) is 14.2 Å². The summed E-state index contributed by atoms with van der Waals surface area (Å²) in [6, 6.07) is 0. The van der Waals surface area contributed by atoms with E-state index < -0.39 is 6.10 Å². The Morgan fingerprint density at radius 3 is 0.827 bits per heavy atom. The molecule has 0 aromatic carbocycles. The molecular formula is C69H124O6. The van der Waals surface area contributed by atoms with Crippen molar-refractivity contribution < 1.29 is 28.6 Å². The fourth-order valence-corrected chi connectivity index (χ4v) is 9.57.